The largest absolute Gasteiger partial charge is 0.324 e. The second kappa shape index (κ2) is 5.92. The molecule has 1 spiro atoms. The van der Waals surface area contributed by atoms with Crippen molar-refractivity contribution in [2.75, 3.05) is 0 Å². The van der Waals surface area contributed by atoms with Gasteiger partial charge in [0.25, 0.3) is 0 Å². The van der Waals surface area contributed by atoms with E-state index in [2.05, 4.69) is 40.0 Å². The molecule has 5 aliphatic carbocycles. The van der Waals surface area contributed by atoms with Crippen molar-refractivity contribution in [3.8, 4) is 6.07 Å². The van der Waals surface area contributed by atoms with Crippen LogP contribution >= 0.6 is 0 Å². The van der Waals surface area contributed by atoms with E-state index in [4.69, 9.17) is 12.3 Å². The molecule has 0 bridgehead atoms. The maximum Gasteiger partial charge on any atom is 0.0857 e. The molecule has 0 amide bonds. The van der Waals surface area contributed by atoms with Gasteiger partial charge in [-0.25, -0.2) is 0 Å². The first-order chi connectivity index (χ1) is 13.9. The number of nitriles is 1. The molecule has 2 heteroatoms. The van der Waals surface area contributed by atoms with Gasteiger partial charge in [-0.3, -0.25) is 0 Å². The summed E-state index contributed by atoms with van der Waals surface area (Å²) >= 11 is 0. The third kappa shape index (κ3) is 2.19. The van der Waals surface area contributed by atoms with Crippen LogP contribution in [0.5, 0.6) is 0 Å². The van der Waals surface area contributed by atoms with Gasteiger partial charge in [0.15, 0.2) is 0 Å². The second-order valence-corrected chi connectivity index (χ2v) is 12.9. The van der Waals surface area contributed by atoms with Crippen molar-refractivity contribution in [3.05, 3.63) is 36.5 Å². The Morgan fingerprint density at radius 2 is 1.77 bits per heavy atom. The van der Waals surface area contributed by atoms with Gasteiger partial charge in [0.1, 0.15) is 0 Å². The SMILES string of the molecule is C=C1CCC2(C)C(CCC3C2C(=C)CC24CC(C)(C)CC(=C)C2(C#N)CCC34N)C1. The number of nitrogens with zero attached hydrogens (tertiary/aromatic N) is 1. The Morgan fingerprint density at radius 3 is 2.47 bits per heavy atom. The number of allylic oxidation sites excluding steroid dienone is 3. The van der Waals surface area contributed by atoms with Crippen LogP contribution in [-0.2, 0) is 0 Å². The number of hydrogen-bond donors (Lipinski definition) is 1. The summed E-state index contributed by atoms with van der Waals surface area (Å²) in [5, 5.41) is 10.6. The molecule has 7 unspecified atom stereocenters. The summed E-state index contributed by atoms with van der Waals surface area (Å²) < 4.78 is 0. The van der Waals surface area contributed by atoms with Gasteiger partial charge < -0.3 is 5.73 Å². The Labute approximate surface area is 183 Å². The van der Waals surface area contributed by atoms with Gasteiger partial charge in [-0.15, -0.1) is 0 Å². The van der Waals surface area contributed by atoms with Gasteiger partial charge in [0.2, 0.25) is 0 Å². The highest BCUT2D eigenvalue weighted by atomic mass is 14.9. The van der Waals surface area contributed by atoms with Crippen LogP contribution < -0.4 is 5.73 Å². The molecule has 0 aromatic heterocycles. The Balaban J connectivity index is 1.65. The minimum atomic E-state index is -0.468. The topological polar surface area (TPSA) is 49.8 Å². The van der Waals surface area contributed by atoms with Crippen molar-refractivity contribution in [1.29, 1.82) is 5.26 Å². The van der Waals surface area contributed by atoms with Crippen molar-refractivity contribution in [3.63, 3.8) is 0 Å². The average molecular weight is 405 g/mol. The Kier molecular flexibility index (Phi) is 4.06. The van der Waals surface area contributed by atoms with E-state index in [1.165, 1.54) is 36.8 Å². The van der Waals surface area contributed by atoms with Gasteiger partial charge in [-0.1, -0.05) is 57.2 Å². The van der Waals surface area contributed by atoms with Gasteiger partial charge >= 0.3 is 0 Å². The molecule has 0 radical (unpaired) electrons. The van der Waals surface area contributed by atoms with Crippen LogP contribution in [-0.4, -0.2) is 5.54 Å². The summed E-state index contributed by atoms with van der Waals surface area (Å²) in [5.41, 5.74) is 11.1. The molecular weight excluding hydrogens is 364 g/mol. The summed E-state index contributed by atoms with van der Waals surface area (Å²) in [6.45, 7) is 20.8. The van der Waals surface area contributed by atoms with Crippen LogP contribution in [0.4, 0.5) is 0 Å². The van der Waals surface area contributed by atoms with Crippen molar-refractivity contribution in [2.24, 2.45) is 45.1 Å². The van der Waals surface area contributed by atoms with E-state index in [1.807, 2.05) is 0 Å². The van der Waals surface area contributed by atoms with Gasteiger partial charge in [-0.05, 0) is 92.8 Å². The lowest BCUT2D eigenvalue weighted by Gasteiger charge is -2.68. The molecule has 7 atom stereocenters. The van der Waals surface area contributed by atoms with E-state index in [9.17, 15) is 5.26 Å². The molecular formula is C28H40N2. The fraction of sp³-hybridized carbons (Fsp3) is 0.750. The molecule has 162 valence electrons. The molecule has 2 N–H and O–H groups in total. The predicted octanol–water partition coefficient (Wildman–Crippen LogP) is 6.70. The lowest BCUT2D eigenvalue weighted by molar-refractivity contribution is -0.119. The minimum absolute atomic E-state index is 0.142. The Bertz CT molecular complexity index is 889. The molecule has 5 aliphatic rings. The summed E-state index contributed by atoms with van der Waals surface area (Å²) in [6.07, 6.45) is 10.8. The van der Waals surface area contributed by atoms with Crippen LogP contribution in [0.25, 0.3) is 0 Å². The summed E-state index contributed by atoms with van der Waals surface area (Å²) in [4.78, 5) is 0. The molecule has 0 heterocycles. The lowest BCUT2D eigenvalue weighted by Crippen LogP contribution is -2.70. The first-order valence-electron chi connectivity index (χ1n) is 12.2. The van der Waals surface area contributed by atoms with Crippen molar-refractivity contribution >= 4 is 0 Å². The Morgan fingerprint density at radius 1 is 1.03 bits per heavy atom. The maximum absolute atomic E-state index is 10.6. The van der Waals surface area contributed by atoms with Crippen LogP contribution in [0.3, 0.4) is 0 Å². The number of nitrogens with two attached hydrogens (primary N) is 1. The molecule has 0 saturated heterocycles. The molecule has 5 saturated carbocycles. The predicted molar refractivity (Wildman–Crippen MR) is 123 cm³/mol. The summed E-state index contributed by atoms with van der Waals surface area (Å²) in [7, 11) is 0. The van der Waals surface area contributed by atoms with E-state index in [0.717, 1.165) is 44.1 Å². The molecule has 30 heavy (non-hydrogen) atoms. The van der Waals surface area contributed by atoms with E-state index in [0.29, 0.717) is 17.8 Å². The number of fused-ring (bicyclic) bond motifs is 4. The Hall–Kier alpha value is -1.33. The van der Waals surface area contributed by atoms with Crippen LogP contribution in [0, 0.1) is 50.7 Å². The smallest absolute Gasteiger partial charge is 0.0857 e. The van der Waals surface area contributed by atoms with Gasteiger partial charge in [0, 0.05) is 11.0 Å². The van der Waals surface area contributed by atoms with E-state index in [1.54, 1.807) is 0 Å². The van der Waals surface area contributed by atoms with Crippen LogP contribution in [0.2, 0.25) is 0 Å². The zero-order valence-electron chi connectivity index (χ0n) is 19.4. The highest BCUT2D eigenvalue weighted by molar-refractivity contribution is 5.43. The highest BCUT2D eigenvalue weighted by Gasteiger charge is 2.76. The van der Waals surface area contributed by atoms with Crippen molar-refractivity contribution in [2.45, 2.75) is 90.5 Å². The number of hydrogen-bond acceptors (Lipinski definition) is 2. The van der Waals surface area contributed by atoms with Crippen LogP contribution in [0.15, 0.2) is 36.5 Å². The fourth-order valence-electron chi connectivity index (χ4n) is 9.85. The molecule has 0 aromatic carbocycles. The third-order valence-corrected chi connectivity index (χ3v) is 10.9. The number of rotatable bonds is 0. The third-order valence-electron chi connectivity index (χ3n) is 10.9. The lowest BCUT2D eigenvalue weighted by atomic mass is 9.36. The van der Waals surface area contributed by atoms with Crippen molar-refractivity contribution in [1.82, 2.24) is 0 Å². The standard InChI is InChI=1S/C28H40N2/c1-18-9-10-25(6)21(13-18)7-8-22-23(25)19(2)14-27-16-24(4,5)15-20(3)26(27,17-29)11-12-28(22,27)30/h21-23H,1-3,7-16,30H2,4-6H3. The minimum Gasteiger partial charge on any atom is -0.324 e. The molecule has 0 aromatic rings. The zero-order valence-corrected chi connectivity index (χ0v) is 19.4. The van der Waals surface area contributed by atoms with Crippen molar-refractivity contribution < 1.29 is 0 Å². The fourth-order valence-corrected chi connectivity index (χ4v) is 9.85. The highest BCUT2D eigenvalue weighted by Crippen LogP contribution is 2.77. The van der Waals surface area contributed by atoms with E-state index in [-0.39, 0.29) is 21.8 Å². The molecule has 2 nitrogen and oxygen atoms in total. The maximum atomic E-state index is 10.6. The van der Waals surface area contributed by atoms with E-state index < -0.39 is 5.41 Å². The average Bonchev–Trinajstić information content (AvgIpc) is 2.91. The summed E-state index contributed by atoms with van der Waals surface area (Å²) in [5.74, 6) is 1.66. The monoisotopic (exact) mass is 404 g/mol. The molecule has 0 aliphatic heterocycles. The van der Waals surface area contributed by atoms with Gasteiger partial charge in [-0.2, -0.15) is 5.26 Å². The first kappa shape index (κ1) is 20.6. The van der Waals surface area contributed by atoms with Crippen LogP contribution in [0.1, 0.15) is 85.0 Å². The quantitative estimate of drug-likeness (QED) is 0.457. The van der Waals surface area contributed by atoms with E-state index >= 15 is 0 Å². The second-order valence-electron chi connectivity index (χ2n) is 12.9. The normalized spacial score (nSPS) is 52.0. The first-order valence-corrected chi connectivity index (χ1v) is 12.2. The molecule has 5 rings (SSSR count). The zero-order chi connectivity index (χ0) is 21.7. The summed E-state index contributed by atoms with van der Waals surface area (Å²) in [6, 6.07) is 2.84. The van der Waals surface area contributed by atoms with Gasteiger partial charge in [0.05, 0.1) is 11.5 Å². The molecule has 5 fully saturated rings.